The summed E-state index contributed by atoms with van der Waals surface area (Å²) in [6.07, 6.45) is 0.0884. The fraction of sp³-hybridized carbons (Fsp3) is 0.500. The number of rotatable bonds is 3. The van der Waals surface area contributed by atoms with Gasteiger partial charge in [-0.2, -0.15) is 0 Å². The molecule has 5 nitrogen and oxygen atoms in total. The molecule has 2 N–H and O–H groups in total. The van der Waals surface area contributed by atoms with Gasteiger partial charge in [0.2, 0.25) is 0 Å². The SMILES string of the molecule is COC(=O)NC1CCN(c2ccc(C(C)O)cc2)C1. The molecule has 19 heavy (non-hydrogen) atoms. The lowest BCUT2D eigenvalue weighted by molar-refractivity contribution is 0.167. The van der Waals surface area contributed by atoms with E-state index in [2.05, 4.69) is 15.0 Å². The Bertz CT molecular complexity index is 431. The molecule has 2 unspecified atom stereocenters. The summed E-state index contributed by atoms with van der Waals surface area (Å²) in [6.45, 7) is 3.44. The topological polar surface area (TPSA) is 61.8 Å². The van der Waals surface area contributed by atoms with Gasteiger partial charge in [0.15, 0.2) is 0 Å². The van der Waals surface area contributed by atoms with E-state index in [0.717, 1.165) is 30.8 Å². The van der Waals surface area contributed by atoms with Gasteiger partial charge in [-0.1, -0.05) is 12.1 Å². The first kappa shape index (κ1) is 13.7. The minimum Gasteiger partial charge on any atom is -0.453 e. The molecule has 0 aliphatic carbocycles. The third kappa shape index (κ3) is 3.38. The normalized spacial score (nSPS) is 20.2. The fourth-order valence-corrected chi connectivity index (χ4v) is 2.30. The number of benzene rings is 1. The van der Waals surface area contributed by atoms with Gasteiger partial charge in [0.05, 0.1) is 19.3 Å². The largest absolute Gasteiger partial charge is 0.453 e. The molecule has 0 bridgehead atoms. The van der Waals surface area contributed by atoms with Crippen LogP contribution in [0.1, 0.15) is 25.0 Å². The summed E-state index contributed by atoms with van der Waals surface area (Å²) in [4.78, 5) is 13.4. The predicted octanol–water partition coefficient (Wildman–Crippen LogP) is 1.67. The Balaban J connectivity index is 1.95. The molecule has 1 aliphatic rings. The van der Waals surface area contributed by atoms with E-state index in [1.807, 2.05) is 24.3 Å². The predicted molar refractivity (Wildman–Crippen MR) is 73.2 cm³/mol. The zero-order chi connectivity index (χ0) is 13.8. The first-order valence-corrected chi connectivity index (χ1v) is 6.47. The molecular weight excluding hydrogens is 244 g/mol. The molecule has 1 heterocycles. The van der Waals surface area contributed by atoms with Crippen molar-refractivity contribution in [1.82, 2.24) is 5.32 Å². The van der Waals surface area contributed by atoms with Crippen molar-refractivity contribution in [2.45, 2.75) is 25.5 Å². The van der Waals surface area contributed by atoms with E-state index < -0.39 is 6.10 Å². The molecule has 0 aromatic heterocycles. The van der Waals surface area contributed by atoms with Crippen LogP contribution in [0.4, 0.5) is 10.5 Å². The number of anilines is 1. The molecule has 2 rings (SSSR count). The van der Waals surface area contributed by atoms with Crippen LogP contribution in [0.3, 0.4) is 0 Å². The van der Waals surface area contributed by atoms with Crippen molar-refractivity contribution in [3.63, 3.8) is 0 Å². The second-order valence-corrected chi connectivity index (χ2v) is 4.84. The average Bonchev–Trinajstić information content (AvgIpc) is 2.87. The second kappa shape index (κ2) is 5.93. The summed E-state index contributed by atoms with van der Waals surface area (Å²) in [6, 6.07) is 8.00. The van der Waals surface area contributed by atoms with Gasteiger partial charge in [0.25, 0.3) is 0 Å². The number of nitrogens with zero attached hydrogens (tertiary/aromatic N) is 1. The number of alkyl carbamates (subject to hydrolysis) is 1. The molecule has 1 aliphatic heterocycles. The molecular formula is C14H20N2O3. The number of aliphatic hydroxyl groups excluding tert-OH is 1. The Kier molecular flexibility index (Phi) is 4.27. The molecule has 1 saturated heterocycles. The summed E-state index contributed by atoms with van der Waals surface area (Å²) in [7, 11) is 1.37. The minimum absolute atomic E-state index is 0.129. The third-order valence-electron chi connectivity index (χ3n) is 3.44. The number of hydrogen-bond acceptors (Lipinski definition) is 4. The molecule has 0 radical (unpaired) electrons. The van der Waals surface area contributed by atoms with Crippen molar-refractivity contribution in [2.24, 2.45) is 0 Å². The highest BCUT2D eigenvalue weighted by Crippen LogP contribution is 2.22. The Morgan fingerprint density at radius 1 is 1.47 bits per heavy atom. The molecule has 2 atom stereocenters. The van der Waals surface area contributed by atoms with Crippen LogP contribution in [0.2, 0.25) is 0 Å². The highest BCUT2D eigenvalue weighted by molar-refractivity contribution is 5.67. The van der Waals surface area contributed by atoms with Gasteiger partial charge >= 0.3 is 6.09 Å². The standard InChI is InChI=1S/C14H20N2O3/c1-10(17)11-3-5-13(6-4-11)16-8-7-12(9-16)15-14(18)19-2/h3-6,10,12,17H,7-9H2,1-2H3,(H,15,18). The number of carbonyl (C=O) groups is 1. The zero-order valence-electron chi connectivity index (χ0n) is 11.3. The summed E-state index contributed by atoms with van der Waals surface area (Å²) < 4.78 is 4.60. The molecule has 104 valence electrons. The summed E-state index contributed by atoms with van der Waals surface area (Å²) in [5.74, 6) is 0. The van der Waals surface area contributed by atoms with E-state index in [-0.39, 0.29) is 12.1 Å². The number of hydrogen-bond donors (Lipinski definition) is 2. The number of ether oxygens (including phenoxy) is 1. The van der Waals surface area contributed by atoms with Crippen LogP contribution in [0.25, 0.3) is 0 Å². The molecule has 1 aromatic carbocycles. The monoisotopic (exact) mass is 264 g/mol. The van der Waals surface area contributed by atoms with Gasteiger partial charge in [-0.15, -0.1) is 0 Å². The van der Waals surface area contributed by atoms with Gasteiger partial charge in [-0.25, -0.2) is 4.79 Å². The van der Waals surface area contributed by atoms with E-state index in [0.29, 0.717) is 0 Å². The zero-order valence-corrected chi connectivity index (χ0v) is 11.3. The maximum absolute atomic E-state index is 11.2. The molecule has 1 fully saturated rings. The van der Waals surface area contributed by atoms with Crippen LogP contribution in [0, 0.1) is 0 Å². The van der Waals surface area contributed by atoms with Crippen LogP contribution in [-0.4, -0.2) is 37.4 Å². The molecule has 5 heteroatoms. The van der Waals surface area contributed by atoms with E-state index >= 15 is 0 Å². The van der Waals surface area contributed by atoms with Crippen molar-refractivity contribution in [3.8, 4) is 0 Å². The van der Waals surface area contributed by atoms with Crippen LogP contribution in [0.5, 0.6) is 0 Å². The first-order chi connectivity index (χ1) is 9.10. The Morgan fingerprint density at radius 2 is 2.16 bits per heavy atom. The Morgan fingerprint density at radius 3 is 2.74 bits per heavy atom. The van der Waals surface area contributed by atoms with E-state index in [1.54, 1.807) is 6.92 Å². The van der Waals surface area contributed by atoms with Crippen LogP contribution >= 0.6 is 0 Å². The van der Waals surface area contributed by atoms with Crippen LogP contribution in [0.15, 0.2) is 24.3 Å². The lowest BCUT2D eigenvalue weighted by Crippen LogP contribution is -2.36. The minimum atomic E-state index is -0.443. The fourth-order valence-electron chi connectivity index (χ4n) is 2.30. The first-order valence-electron chi connectivity index (χ1n) is 6.47. The van der Waals surface area contributed by atoms with Crippen molar-refractivity contribution in [1.29, 1.82) is 0 Å². The van der Waals surface area contributed by atoms with E-state index in [4.69, 9.17) is 0 Å². The second-order valence-electron chi connectivity index (χ2n) is 4.84. The lowest BCUT2D eigenvalue weighted by Gasteiger charge is -2.19. The highest BCUT2D eigenvalue weighted by atomic mass is 16.5. The molecule has 1 aromatic rings. The molecule has 0 saturated carbocycles. The Labute approximate surface area is 113 Å². The van der Waals surface area contributed by atoms with E-state index in [1.165, 1.54) is 7.11 Å². The third-order valence-corrected chi connectivity index (χ3v) is 3.44. The number of methoxy groups -OCH3 is 1. The quantitative estimate of drug-likeness (QED) is 0.872. The highest BCUT2D eigenvalue weighted by Gasteiger charge is 2.24. The number of amides is 1. The summed E-state index contributed by atoms with van der Waals surface area (Å²) >= 11 is 0. The maximum atomic E-state index is 11.2. The lowest BCUT2D eigenvalue weighted by atomic mass is 10.1. The Hall–Kier alpha value is -1.75. The smallest absolute Gasteiger partial charge is 0.407 e. The average molecular weight is 264 g/mol. The van der Waals surface area contributed by atoms with Gasteiger partial charge in [-0.3, -0.25) is 0 Å². The number of carbonyl (C=O) groups excluding carboxylic acids is 1. The number of aliphatic hydroxyl groups is 1. The van der Waals surface area contributed by atoms with Crippen LogP contribution in [-0.2, 0) is 4.74 Å². The van der Waals surface area contributed by atoms with Crippen molar-refractivity contribution < 1.29 is 14.6 Å². The molecule has 1 amide bonds. The maximum Gasteiger partial charge on any atom is 0.407 e. The van der Waals surface area contributed by atoms with Crippen LogP contribution < -0.4 is 10.2 Å². The van der Waals surface area contributed by atoms with Gasteiger partial charge in [0, 0.05) is 18.8 Å². The van der Waals surface area contributed by atoms with Gasteiger partial charge < -0.3 is 20.1 Å². The van der Waals surface area contributed by atoms with Gasteiger partial charge in [-0.05, 0) is 31.0 Å². The summed E-state index contributed by atoms with van der Waals surface area (Å²) in [5.41, 5.74) is 2.02. The van der Waals surface area contributed by atoms with Crippen molar-refractivity contribution >= 4 is 11.8 Å². The van der Waals surface area contributed by atoms with Crippen molar-refractivity contribution in [2.75, 3.05) is 25.1 Å². The van der Waals surface area contributed by atoms with E-state index in [9.17, 15) is 9.90 Å². The summed E-state index contributed by atoms with van der Waals surface area (Å²) in [5, 5.41) is 12.3. The van der Waals surface area contributed by atoms with Gasteiger partial charge in [0.1, 0.15) is 0 Å². The number of nitrogens with one attached hydrogen (secondary N) is 1. The van der Waals surface area contributed by atoms with Crippen molar-refractivity contribution in [3.05, 3.63) is 29.8 Å². The molecule has 0 spiro atoms.